The Morgan fingerprint density at radius 1 is 1.33 bits per heavy atom. The van der Waals surface area contributed by atoms with Gasteiger partial charge in [0.1, 0.15) is 11.1 Å². The van der Waals surface area contributed by atoms with E-state index in [0.717, 1.165) is 18.8 Å². The second-order valence-electron chi connectivity index (χ2n) is 6.41. The molecule has 1 aliphatic heterocycles. The second kappa shape index (κ2) is 8.08. The SMILES string of the molecule is CCCCC1CCC(C(=O)N2CCOC(C(N)=S)C2)CC1. The first kappa shape index (κ1) is 16.7. The van der Waals surface area contributed by atoms with Gasteiger partial charge in [0.2, 0.25) is 5.91 Å². The summed E-state index contributed by atoms with van der Waals surface area (Å²) in [5.74, 6) is 1.32. The molecule has 1 heterocycles. The van der Waals surface area contributed by atoms with Crippen molar-refractivity contribution in [1.29, 1.82) is 0 Å². The molecular formula is C16H28N2O2S. The van der Waals surface area contributed by atoms with Crippen LogP contribution in [0.4, 0.5) is 0 Å². The fourth-order valence-electron chi connectivity index (χ4n) is 3.47. The summed E-state index contributed by atoms with van der Waals surface area (Å²) < 4.78 is 5.51. The van der Waals surface area contributed by atoms with Crippen LogP contribution in [-0.4, -0.2) is 41.6 Å². The number of hydrogen-bond donors (Lipinski definition) is 1. The monoisotopic (exact) mass is 312 g/mol. The molecule has 2 N–H and O–H groups in total. The highest BCUT2D eigenvalue weighted by atomic mass is 32.1. The molecule has 120 valence electrons. The van der Waals surface area contributed by atoms with Gasteiger partial charge < -0.3 is 15.4 Å². The normalized spacial score (nSPS) is 30.1. The zero-order chi connectivity index (χ0) is 15.2. The standard InChI is InChI=1S/C16H28N2O2S/c1-2-3-4-12-5-7-13(8-6-12)16(19)18-9-10-20-14(11-18)15(17)21/h12-14H,2-11H2,1H3,(H2,17,21). The maximum Gasteiger partial charge on any atom is 0.225 e. The van der Waals surface area contributed by atoms with Gasteiger partial charge in [-0.05, 0) is 31.6 Å². The number of hydrogen-bond acceptors (Lipinski definition) is 3. The van der Waals surface area contributed by atoms with Crippen LogP contribution < -0.4 is 5.73 Å². The predicted octanol–water partition coefficient (Wildman–Crippen LogP) is 2.50. The highest BCUT2D eigenvalue weighted by molar-refractivity contribution is 7.80. The zero-order valence-electron chi connectivity index (χ0n) is 13.1. The highest BCUT2D eigenvalue weighted by Crippen LogP contribution is 2.33. The summed E-state index contributed by atoms with van der Waals surface area (Å²) in [6.45, 7) is 3.99. The van der Waals surface area contributed by atoms with Crippen molar-refractivity contribution in [3.05, 3.63) is 0 Å². The van der Waals surface area contributed by atoms with E-state index < -0.39 is 0 Å². The molecule has 1 aliphatic carbocycles. The van der Waals surface area contributed by atoms with Crippen molar-refractivity contribution in [2.45, 2.75) is 58.0 Å². The Labute approximate surface area is 133 Å². The number of carbonyl (C=O) groups excluding carboxylic acids is 1. The van der Waals surface area contributed by atoms with Gasteiger partial charge in [-0.2, -0.15) is 0 Å². The molecule has 1 unspecified atom stereocenters. The first-order valence-corrected chi connectivity index (χ1v) is 8.72. The highest BCUT2D eigenvalue weighted by Gasteiger charge is 2.32. The molecule has 5 heteroatoms. The van der Waals surface area contributed by atoms with Crippen molar-refractivity contribution in [2.24, 2.45) is 17.6 Å². The van der Waals surface area contributed by atoms with Gasteiger partial charge in [0, 0.05) is 12.5 Å². The van der Waals surface area contributed by atoms with E-state index in [0.29, 0.717) is 24.7 Å². The number of ether oxygens (including phenoxy) is 1. The van der Waals surface area contributed by atoms with Crippen molar-refractivity contribution in [2.75, 3.05) is 19.7 Å². The molecule has 1 amide bonds. The Hall–Kier alpha value is -0.680. The van der Waals surface area contributed by atoms with Crippen molar-refractivity contribution in [1.82, 2.24) is 4.90 Å². The topological polar surface area (TPSA) is 55.6 Å². The van der Waals surface area contributed by atoms with Crippen molar-refractivity contribution < 1.29 is 9.53 Å². The van der Waals surface area contributed by atoms with E-state index in [1.165, 1.54) is 32.1 Å². The molecule has 0 aromatic carbocycles. The summed E-state index contributed by atoms with van der Waals surface area (Å²) in [6, 6.07) is 0. The average molecular weight is 312 g/mol. The summed E-state index contributed by atoms with van der Waals surface area (Å²) in [7, 11) is 0. The van der Waals surface area contributed by atoms with Crippen LogP contribution in [0.2, 0.25) is 0 Å². The number of thiocarbonyl (C=S) groups is 1. The lowest BCUT2D eigenvalue weighted by molar-refractivity contribution is -0.142. The molecule has 2 rings (SSSR count). The quantitative estimate of drug-likeness (QED) is 0.793. The van der Waals surface area contributed by atoms with E-state index in [-0.39, 0.29) is 17.9 Å². The maximum atomic E-state index is 12.6. The number of rotatable bonds is 5. The first-order chi connectivity index (χ1) is 10.1. The van der Waals surface area contributed by atoms with Crippen LogP contribution in [0.15, 0.2) is 0 Å². The predicted molar refractivity (Wildman–Crippen MR) is 88.1 cm³/mol. The molecule has 21 heavy (non-hydrogen) atoms. The van der Waals surface area contributed by atoms with Crippen LogP contribution in [-0.2, 0) is 9.53 Å². The molecule has 0 aromatic rings. The number of carbonyl (C=O) groups is 1. The van der Waals surface area contributed by atoms with Crippen molar-refractivity contribution in [3.8, 4) is 0 Å². The summed E-state index contributed by atoms with van der Waals surface area (Å²) >= 11 is 4.98. The van der Waals surface area contributed by atoms with E-state index in [1.54, 1.807) is 0 Å². The molecule has 2 fully saturated rings. The lowest BCUT2D eigenvalue weighted by Crippen LogP contribution is -2.51. The molecule has 4 nitrogen and oxygen atoms in total. The van der Waals surface area contributed by atoms with Gasteiger partial charge >= 0.3 is 0 Å². The van der Waals surface area contributed by atoms with Gasteiger partial charge in [-0.15, -0.1) is 0 Å². The lowest BCUT2D eigenvalue weighted by Gasteiger charge is -2.36. The Morgan fingerprint density at radius 3 is 2.67 bits per heavy atom. The molecule has 0 spiro atoms. The van der Waals surface area contributed by atoms with Crippen LogP contribution in [0.25, 0.3) is 0 Å². The van der Waals surface area contributed by atoms with E-state index in [2.05, 4.69) is 6.92 Å². The Balaban J connectivity index is 1.80. The van der Waals surface area contributed by atoms with Gasteiger partial charge in [-0.1, -0.05) is 38.4 Å². The molecule has 1 atom stereocenters. The van der Waals surface area contributed by atoms with E-state index in [1.807, 2.05) is 4.90 Å². The fourth-order valence-corrected chi connectivity index (χ4v) is 3.61. The second-order valence-corrected chi connectivity index (χ2v) is 6.88. The lowest BCUT2D eigenvalue weighted by atomic mass is 9.79. The Morgan fingerprint density at radius 2 is 2.05 bits per heavy atom. The number of morpholine rings is 1. The van der Waals surface area contributed by atoms with Crippen molar-refractivity contribution >= 4 is 23.1 Å². The zero-order valence-corrected chi connectivity index (χ0v) is 13.9. The molecule has 2 aliphatic rings. The van der Waals surface area contributed by atoms with Crippen LogP contribution in [0.1, 0.15) is 51.9 Å². The molecule has 1 saturated carbocycles. The van der Waals surface area contributed by atoms with Crippen molar-refractivity contribution in [3.63, 3.8) is 0 Å². The first-order valence-electron chi connectivity index (χ1n) is 8.31. The van der Waals surface area contributed by atoms with Gasteiger partial charge in [-0.3, -0.25) is 4.79 Å². The molecule has 0 aromatic heterocycles. The minimum atomic E-state index is -0.265. The summed E-state index contributed by atoms with van der Waals surface area (Å²) in [5.41, 5.74) is 5.64. The third-order valence-electron chi connectivity index (χ3n) is 4.86. The van der Waals surface area contributed by atoms with E-state index >= 15 is 0 Å². The summed E-state index contributed by atoms with van der Waals surface area (Å²) in [4.78, 5) is 14.9. The third kappa shape index (κ3) is 4.65. The Kier molecular flexibility index (Phi) is 6.42. The number of amides is 1. The third-order valence-corrected chi connectivity index (χ3v) is 5.12. The summed E-state index contributed by atoms with van der Waals surface area (Å²) in [6.07, 6.45) is 8.16. The minimum Gasteiger partial charge on any atom is -0.391 e. The van der Waals surface area contributed by atoms with Gasteiger partial charge in [0.15, 0.2) is 0 Å². The van der Waals surface area contributed by atoms with Gasteiger partial charge in [0.05, 0.1) is 13.2 Å². The smallest absolute Gasteiger partial charge is 0.225 e. The van der Waals surface area contributed by atoms with Gasteiger partial charge in [0.25, 0.3) is 0 Å². The van der Waals surface area contributed by atoms with Gasteiger partial charge in [-0.25, -0.2) is 0 Å². The largest absolute Gasteiger partial charge is 0.391 e. The maximum absolute atomic E-state index is 12.6. The number of unbranched alkanes of at least 4 members (excludes halogenated alkanes) is 1. The average Bonchev–Trinajstić information content (AvgIpc) is 2.53. The minimum absolute atomic E-state index is 0.202. The van der Waals surface area contributed by atoms with Crippen LogP contribution in [0.3, 0.4) is 0 Å². The van der Waals surface area contributed by atoms with E-state index in [9.17, 15) is 4.79 Å². The van der Waals surface area contributed by atoms with Crippen LogP contribution in [0, 0.1) is 11.8 Å². The molecule has 0 bridgehead atoms. The number of nitrogens with two attached hydrogens (primary N) is 1. The Bertz CT molecular complexity index is 367. The number of nitrogens with zero attached hydrogens (tertiary/aromatic N) is 1. The molecular weight excluding hydrogens is 284 g/mol. The van der Waals surface area contributed by atoms with E-state index in [4.69, 9.17) is 22.7 Å². The molecule has 0 radical (unpaired) electrons. The summed E-state index contributed by atoms with van der Waals surface area (Å²) in [5, 5.41) is 0. The van der Waals surface area contributed by atoms with Crippen LogP contribution in [0.5, 0.6) is 0 Å². The molecule has 1 saturated heterocycles. The fraction of sp³-hybridized carbons (Fsp3) is 0.875. The van der Waals surface area contributed by atoms with Crippen LogP contribution >= 0.6 is 12.2 Å².